The first kappa shape index (κ1) is 19.4. The van der Waals surface area contributed by atoms with Gasteiger partial charge in [-0.05, 0) is 42.7 Å². The summed E-state index contributed by atoms with van der Waals surface area (Å²) in [4.78, 5) is 15.4. The molecule has 1 atom stereocenters. The van der Waals surface area contributed by atoms with Crippen LogP contribution in [0.15, 0.2) is 53.4 Å². The van der Waals surface area contributed by atoms with E-state index in [4.69, 9.17) is 0 Å². The minimum absolute atomic E-state index is 0.0232. The molecule has 1 N–H and O–H groups in total. The summed E-state index contributed by atoms with van der Waals surface area (Å²) >= 11 is 1.84. The Labute approximate surface area is 155 Å². The van der Waals surface area contributed by atoms with Crippen LogP contribution in [-0.2, 0) is 6.54 Å². The number of hydrogen-bond donors (Lipinski definition) is 1. The van der Waals surface area contributed by atoms with Crippen molar-refractivity contribution in [1.82, 2.24) is 10.2 Å². The van der Waals surface area contributed by atoms with Gasteiger partial charge >= 0.3 is 6.03 Å². The molecule has 0 bridgehead atoms. The zero-order valence-electron chi connectivity index (χ0n) is 15.7. The van der Waals surface area contributed by atoms with Crippen LogP contribution in [0.5, 0.6) is 0 Å². The first-order chi connectivity index (χ1) is 11.9. The Morgan fingerprint density at radius 2 is 1.72 bits per heavy atom. The number of carbonyl (C=O) groups excluding carboxylic acids is 1. The Kier molecular flexibility index (Phi) is 6.94. The lowest BCUT2D eigenvalue weighted by atomic mass is 10.1. The molecule has 2 aromatic carbocycles. The molecule has 0 heterocycles. The number of hydrogen-bond acceptors (Lipinski definition) is 2. The molecule has 0 saturated carbocycles. The highest BCUT2D eigenvalue weighted by Crippen LogP contribution is 2.24. The topological polar surface area (TPSA) is 32.3 Å². The number of nitrogens with zero attached hydrogens (tertiary/aromatic N) is 1. The Hall–Kier alpha value is -1.94. The zero-order valence-corrected chi connectivity index (χ0v) is 16.6. The molecule has 0 aromatic heterocycles. The molecular weight excluding hydrogens is 328 g/mol. The molecule has 25 heavy (non-hydrogen) atoms. The summed E-state index contributed by atoms with van der Waals surface area (Å²) in [5.74, 6) is 0. The van der Waals surface area contributed by atoms with E-state index in [0.717, 1.165) is 5.56 Å². The number of carbonyl (C=O) groups is 1. The van der Waals surface area contributed by atoms with Crippen molar-refractivity contribution in [2.75, 3.05) is 7.05 Å². The normalized spacial score (nSPS) is 12.1. The van der Waals surface area contributed by atoms with Gasteiger partial charge in [0.25, 0.3) is 0 Å². The molecule has 0 aliphatic heterocycles. The fourth-order valence-electron chi connectivity index (χ4n) is 2.60. The van der Waals surface area contributed by atoms with E-state index in [1.54, 1.807) is 4.90 Å². The lowest BCUT2D eigenvalue weighted by molar-refractivity contribution is 0.203. The van der Waals surface area contributed by atoms with Crippen molar-refractivity contribution in [3.63, 3.8) is 0 Å². The largest absolute Gasteiger partial charge is 0.331 e. The lowest BCUT2D eigenvalue weighted by Crippen LogP contribution is -2.38. The summed E-state index contributed by atoms with van der Waals surface area (Å²) in [7, 11) is 1.83. The van der Waals surface area contributed by atoms with Crippen LogP contribution in [0.3, 0.4) is 0 Å². The van der Waals surface area contributed by atoms with Crippen LogP contribution in [0.1, 0.15) is 43.5 Å². The molecule has 3 nitrogen and oxygen atoms in total. The van der Waals surface area contributed by atoms with Gasteiger partial charge in [-0.3, -0.25) is 0 Å². The van der Waals surface area contributed by atoms with Crippen LogP contribution in [-0.4, -0.2) is 23.2 Å². The molecule has 1 unspecified atom stereocenters. The Morgan fingerprint density at radius 3 is 2.32 bits per heavy atom. The average molecular weight is 357 g/mol. The van der Waals surface area contributed by atoms with E-state index in [1.165, 1.54) is 16.0 Å². The number of rotatable bonds is 6. The van der Waals surface area contributed by atoms with Crippen molar-refractivity contribution in [3.8, 4) is 0 Å². The Balaban J connectivity index is 1.93. The van der Waals surface area contributed by atoms with Gasteiger partial charge in [0.1, 0.15) is 0 Å². The van der Waals surface area contributed by atoms with Gasteiger partial charge in [-0.2, -0.15) is 0 Å². The highest BCUT2D eigenvalue weighted by molar-refractivity contribution is 7.99. The summed E-state index contributed by atoms with van der Waals surface area (Å²) in [6, 6.07) is 16.5. The molecule has 2 rings (SSSR count). The molecular formula is C21H28N2OS. The smallest absolute Gasteiger partial charge is 0.317 e. The average Bonchev–Trinajstić information content (AvgIpc) is 2.56. The van der Waals surface area contributed by atoms with Crippen molar-refractivity contribution in [2.45, 2.75) is 50.4 Å². The van der Waals surface area contributed by atoms with E-state index in [9.17, 15) is 4.79 Å². The fourth-order valence-corrected chi connectivity index (χ4v) is 3.44. The number of thioether (sulfide) groups is 1. The molecule has 4 heteroatoms. The molecule has 0 radical (unpaired) electrons. The van der Waals surface area contributed by atoms with Crippen LogP contribution in [0.25, 0.3) is 0 Å². The van der Waals surface area contributed by atoms with Crippen LogP contribution < -0.4 is 5.32 Å². The van der Waals surface area contributed by atoms with E-state index < -0.39 is 0 Å². The third-order valence-corrected chi connectivity index (χ3v) is 5.12. The quantitative estimate of drug-likeness (QED) is 0.703. The van der Waals surface area contributed by atoms with Gasteiger partial charge in [0.05, 0.1) is 6.04 Å². The van der Waals surface area contributed by atoms with Gasteiger partial charge in [0, 0.05) is 23.7 Å². The van der Waals surface area contributed by atoms with Crippen LogP contribution >= 0.6 is 11.8 Å². The number of benzene rings is 2. The van der Waals surface area contributed by atoms with Crippen molar-refractivity contribution in [2.24, 2.45) is 0 Å². The summed E-state index contributed by atoms with van der Waals surface area (Å²) in [5.41, 5.74) is 3.49. The van der Waals surface area contributed by atoms with Gasteiger partial charge in [0.15, 0.2) is 0 Å². The Bertz CT molecular complexity index is 697. The lowest BCUT2D eigenvalue weighted by Gasteiger charge is -2.22. The summed E-state index contributed by atoms with van der Waals surface area (Å²) in [6.07, 6.45) is 0. The van der Waals surface area contributed by atoms with Gasteiger partial charge in [0.2, 0.25) is 0 Å². The van der Waals surface area contributed by atoms with Crippen LogP contribution in [0, 0.1) is 6.92 Å². The fraction of sp³-hybridized carbons (Fsp3) is 0.381. The predicted octanol–water partition coefficient (Wildman–Crippen LogP) is 5.40. The molecule has 0 saturated heterocycles. The first-order valence-corrected chi connectivity index (χ1v) is 9.57. The van der Waals surface area contributed by atoms with Gasteiger partial charge in [-0.25, -0.2) is 4.79 Å². The third kappa shape index (κ3) is 5.82. The SMILES string of the molecule is Cc1ccccc1CN(C)C(=O)NC(C)c1ccc(SC(C)C)cc1. The van der Waals surface area contributed by atoms with Crippen molar-refractivity contribution in [1.29, 1.82) is 0 Å². The molecule has 2 aromatic rings. The molecule has 134 valence electrons. The van der Waals surface area contributed by atoms with Crippen LogP contribution in [0.2, 0.25) is 0 Å². The maximum absolute atomic E-state index is 12.5. The van der Waals surface area contributed by atoms with E-state index >= 15 is 0 Å². The van der Waals surface area contributed by atoms with Crippen molar-refractivity contribution < 1.29 is 4.79 Å². The van der Waals surface area contributed by atoms with E-state index in [-0.39, 0.29) is 12.1 Å². The molecule has 0 aliphatic rings. The molecule has 0 aliphatic carbocycles. The van der Waals surface area contributed by atoms with E-state index in [0.29, 0.717) is 11.8 Å². The maximum atomic E-state index is 12.5. The molecule has 0 spiro atoms. The molecule has 0 fully saturated rings. The maximum Gasteiger partial charge on any atom is 0.317 e. The van der Waals surface area contributed by atoms with Crippen molar-refractivity contribution >= 4 is 17.8 Å². The second kappa shape index (κ2) is 8.95. The summed E-state index contributed by atoms with van der Waals surface area (Å²) in [6.45, 7) is 9.07. The minimum atomic E-state index is -0.0589. The molecule has 2 amide bonds. The number of nitrogens with one attached hydrogen (secondary N) is 1. The van der Waals surface area contributed by atoms with Crippen LogP contribution in [0.4, 0.5) is 4.79 Å². The first-order valence-electron chi connectivity index (χ1n) is 8.69. The predicted molar refractivity (Wildman–Crippen MR) is 107 cm³/mol. The standard InChI is InChI=1S/C21H28N2OS/c1-15(2)25-20-12-10-18(11-13-20)17(4)22-21(24)23(5)14-19-9-7-6-8-16(19)3/h6-13,15,17H,14H2,1-5H3,(H,22,24). The third-order valence-electron chi connectivity index (χ3n) is 4.11. The van der Waals surface area contributed by atoms with Gasteiger partial charge in [-0.15, -0.1) is 11.8 Å². The second-order valence-corrected chi connectivity index (χ2v) is 8.34. The van der Waals surface area contributed by atoms with Crippen molar-refractivity contribution in [3.05, 3.63) is 65.2 Å². The number of amides is 2. The summed E-state index contributed by atoms with van der Waals surface area (Å²) < 4.78 is 0. The van der Waals surface area contributed by atoms with Gasteiger partial charge < -0.3 is 10.2 Å². The number of urea groups is 1. The highest BCUT2D eigenvalue weighted by atomic mass is 32.2. The monoisotopic (exact) mass is 356 g/mol. The highest BCUT2D eigenvalue weighted by Gasteiger charge is 2.14. The number of aryl methyl sites for hydroxylation is 1. The second-order valence-electron chi connectivity index (χ2n) is 6.69. The zero-order chi connectivity index (χ0) is 18.4. The van der Waals surface area contributed by atoms with E-state index in [2.05, 4.69) is 62.5 Å². The Morgan fingerprint density at radius 1 is 1.08 bits per heavy atom. The van der Waals surface area contributed by atoms with E-state index in [1.807, 2.05) is 37.9 Å². The van der Waals surface area contributed by atoms with Gasteiger partial charge in [-0.1, -0.05) is 50.2 Å². The minimum Gasteiger partial charge on any atom is -0.331 e. The summed E-state index contributed by atoms with van der Waals surface area (Å²) in [5, 5.41) is 3.64.